The van der Waals surface area contributed by atoms with Crippen molar-refractivity contribution >= 4 is 11.4 Å². The Morgan fingerprint density at radius 2 is 2.20 bits per heavy atom. The molecule has 20 heavy (non-hydrogen) atoms. The Morgan fingerprint density at radius 3 is 2.95 bits per heavy atom. The average Bonchev–Trinajstić information content (AvgIpc) is 2.90. The molecule has 1 atom stereocenters. The number of hydroxylamine groups is 1. The van der Waals surface area contributed by atoms with Crippen molar-refractivity contribution in [3.63, 3.8) is 0 Å². The van der Waals surface area contributed by atoms with Crippen LogP contribution in [0.15, 0.2) is 53.0 Å². The third-order valence-electron chi connectivity index (χ3n) is 2.93. The van der Waals surface area contributed by atoms with Gasteiger partial charge in [0.1, 0.15) is 11.5 Å². The van der Waals surface area contributed by atoms with E-state index >= 15 is 0 Å². The number of nitro groups is 1. The first-order valence-electron chi connectivity index (χ1n) is 5.74. The van der Waals surface area contributed by atoms with Crippen molar-refractivity contribution in [3.05, 3.63) is 63.7 Å². The highest BCUT2D eigenvalue weighted by atomic mass is 19.1. The zero-order valence-corrected chi connectivity index (χ0v) is 10.0. The van der Waals surface area contributed by atoms with Crippen LogP contribution >= 0.6 is 0 Å². The van der Waals surface area contributed by atoms with Crippen LogP contribution < -0.4 is 10.8 Å². The molecule has 0 saturated carbocycles. The van der Waals surface area contributed by atoms with Gasteiger partial charge in [-0.25, -0.2) is 4.39 Å². The van der Waals surface area contributed by atoms with Crippen molar-refractivity contribution in [1.82, 2.24) is 5.48 Å². The quantitative estimate of drug-likeness (QED) is 0.646. The molecule has 0 fully saturated rings. The zero-order chi connectivity index (χ0) is 14.1. The highest BCUT2D eigenvalue weighted by Gasteiger charge is 2.39. The van der Waals surface area contributed by atoms with Gasteiger partial charge in [-0.1, -0.05) is 17.3 Å². The summed E-state index contributed by atoms with van der Waals surface area (Å²) in [7, 11) is 0. The van der Waals surface area contributed by atoms with E-state index in [9.17, 15) is 14.5 Å². The number of rotatable bonds is 3. The van der Waals surface area contributed by atoms with Gasteiger partial charge in [-0.3, -0.25) is 15.1 Å². The van der Waals surface area contributed by atoms with Crippen LogP contribution in [0.5, 0.6) is 0 Å². The fourth-order valence-corrected chi connectivity index (χ4v) is 1.97. The Morgan fingerprint density at radius 1 is 1.40 bits per heavy atom. The fraction of sp³-hybridized carbons (Fsp3) is 0.0833. The van der Waals surface area contributed by atoms with Gasteiger partial charge in [0.15, 0.2) is 6.04 Å². The van der Waals surface area contributed by atoms with Gasteiger partial charge in [0, 0.05) is 6.08 Å². The summed E-state index contributed by atoms with van der Waals surface area (Å²) in [6.07, 6.45) is 2.80. The number of allylic oxidation sites excluding steroid dienone is 2. The molecular formula is C12H9FN4O3. The number of para-hydroxylation sites is 1. The summed E-state index contributed by atoms with van der Waals surface area (Å²) in [4.78, 5) is 15.1. The molecule has 102 valence electrons. The molecule has 2 N–H and O–H groups in total. The standard InChI is InChI=1S/C12H9FN4O3/c13-7-3-1-2-4-8(7)14-9-5-6-10(17(18)19)12-11(9)15-20-16-12/h1-6,12,14,16H. The predicted octanol–water partition coefficient (Wildman–Crippen LogP) is 1.56. The van der Waals surface area contributed by atoms with Gasteiger partial charge in [-0.2, -0.15) is 0 Å². The lowest BCUT2D eigenvalue weighted by Crippen LogP contribution is -2.38. The maximum Gasteiger partial charge on any atom is 0.272 e. The number of benzene rings is 1. The Balaban J connectivity index is 1.94. The van der Waals surface area contributed by atoms with Gasteiger partial charge < -0.3 is 5.32 Å². The molecule has 1 aliphatic heterocycles. The lowest BCUT2D eigenvalue weighted by molar-refractivity contribution is -0.429. The molecule has 1 aromatic rings. The summed E-state index contributed by atoms with van der Waals surface area (Å²) in [6.45, 7) is 0. The van der Waals surface area contributed by atoms with E-state index in [1.807, 2.05) is 0 Å². The number of anilines is 1. The minimum absolute atomic E-state index is 0.0830. The zero-order valence-electron chi connectivity index (χ0n) is 10.0. The van der Waals surface area contributed by atoms with E-state index in [1.165, 1.54) is 18.2 Å². The van der Waals surface area contributed by atoms with Crippen molar-refractivity contribution in [3.8, 4) is 0 Å². The fourth-order valence-electron chi connectivity index (χ4n) is 1.97. The second kappa shape index (κ2) is 4.74. The van der Waals surface area contributed by atoms with Crippen LogP contribution in [0.4, 0.5) is 10.1 Å². The average molecular weight is 276 g/mol. The van der Waals surface area contributed by atoms with Crippen molar-refractivity contribution in [2.75, 3.05) is 5.32 Å². The maximum atomic E-state index is 13.6. The molecule has 1 unspecified atom stereocenters. The Kier molecular flexibility index (Phi) is 2.92. The van der Waals surface area contributed by atoms with Gasteiger partial charge in [-0.15, -0.1) is 5.48 Å². The minimum Gasteiger partial charge on any atom is -0.351 e. The molecule has 0 amide bonds. The summed E-state index contributed by atoms with van der Waals surface area (Å²) < 4.78 is 13.6. The second-order valence-electron chi connectivity index (χ2n) is 4.15. The molecule has 8 heteroatoms. The van der Waals surface area contributed by atoms with Crippen molar-refractivity contribution in [1.29, 1.82) is 0 Å². The summed E-state index contributed by atoms with van der Waals surface area (Å²) in [6, 6.07) is 5.34. The third kappa shape index (κ3) is 2.01. The Labute approximate surface area is 112 Å². The lowest BCUT2D eigenvalue weighted by Gasteiger charge is -2.16. The molecule has 2 aliphatic rings. The minimum atomic E-state index is -0.774. The van der Waals surface area contributed by atoms with Crippen LogP contribution in [-0.4, -0.2) is 16.7 Å². The van der Waals surface area contributed by atoms with Gasteiger partial charge in [0.25, 0.3) is 5.70 Å². The number of oxime groups is 1. The van der Waals surface area contributed by atoms with E-state index in [1.54, 1.807) is 18.2 Å². The van der Waals surface area contributed by atoms with Crippen LogP contribution in [0.1, 0.15) is 0 Å². The van der Waals surface area contributed by atoms with Crippen molar-refractivity contribution in [2.45, 2.75) is 6.04 Å². The number of nitrogens with one attached hydrogen (secondary N) is 2. The molecule has 0 radical (unpaired) electrons. The number of halogens is 1. The van der Waals surface area contributed by atoms with Crippen LogP contribution in [0.3, 0.4) is 0 Å². The Bertz CT molecular complexity index is 668. The number of hydrogen-bond donors (Lipinski definition) is 2. The van der Waals surface area contributed by atoms with Gasteiger partial charge in [0.2, 0.25) is 0 Å². The molecule has 1 aromatic carbocycles. The molecule has 1 aliphatic carbocycles. The molecule has 1 heterocycles. The van der Waals surface area contributed by atoms with Gasteiger partial charge in [0.05, 0.1) is 16.3 Å². The van der Waals surface area contributed by atoms with E-state index in [0.717, 1.165) is 0 Å². The van der Waals surface area contributed by atoms with Gasteiger partial charge >= 0.3 is 0 Å². The van der Waals surface area contributed by atoms with Crippen LogP contribution in [0, 0.1) is 15.9 Å². The van der Waals surface area contributed by atoms with Crippen molar-refractivity contribution in [2.24, 2.45) is 5.16 Å². The smallest absolute Gasteiger partial charge is 0.272 e. The lowest BCUT2D eigenvalue weighted by atomic mass is 10.0. The third-order valence-corrected chi connectivity index (χ3v) is 2.93. The van der Waals surface area contributed by atoms with Crippen LogP contribution in [0.25, 0.3) is 0 Å². The number of nitrogens with zero attached hydrogens (tertiary/aromatic N) is 2. The normalized spacial score (nSPS) is 20.2. The first kappa shape index (κ1) is 12.3. The maximum absolute atomic E-state index is 13.6. The summed E-state index contributed by atoms with van der Waals surface area (Å²) in [5.41, 5.74) is 3.35. The molecule has 0 saturated heterocycles. The predicted molar refractivity (Wildman–Crippen MR) is 68.6 cm³/mol. The molecule has 0 bridgehead atoms. The van der Waals surface area contributed by atoms with E-state index in [4.69, 9.17) is 0 Å². The monoisotopic (exact) mass is 276 g/mol. The van der Waals surface area contributed by atoms with E-state index < -0.39 is 16.8 Å². The Hall–Kier alpha value is -2.74. The van der Waals surface area contributed by atoms with Crippen molar-refractivity contribution < 1.29 is 14.3 Å². The van der Waals surface area contributed by atoms with Crippen LogP contribution in [0.2, 0.25) is 0 Å². The van der Waals surface area contributed by atoms with Crippen LogP contribution in [-0.2, 0) is 4.94 Å². The molecule has 0 spiro atoms. The number of fused-ring (bicyclic) bond motifs is 1. The van der Waals surface area contributed by atoms with E-state index in [0.29, 0.717) is 11.4 Å². The number of hydrogen-bond acceptors (Lipinski definition) is 6. The van der Waals surface area contributed by atoms with Gasteiger partial charge in [-0.05, 0) is 18.2 Å². The second-order valence-corrected chi connectivity index (χ2v) is 4.15. The highest BCUT2D eigenvalue weighted by Crippen LogP contribution is 2.24. The molecule has 7 nitrogen and oxygen atoms in total. The SMILES string of the molecule is O=[N+]([O-])C1=CC=C(Nc2ccccc2F)C2=NONC12. The molecule has 3 rings (SSSR count). The largest absolute Gasteiger partial charge is 0.351 e. The first-order valence-corrected chi connectivity index (χ1v) is 5.74. The summed E-state index contributed by atoms with van der Waals surface area (Å²) >= 11 is 0. The van der Waals surface area contributed by atoms with E-state index in [-0.39, 0.29) is 11.4 Å². The molecular weight excluding hydrogens is 267 g/mol. The summed E-state index contributed by atoms with van der Waals surface area (Å²) in [5, 5.41) is 17.4. The summed E-state index contributed by atoms with van der Waals surface area (Å²) in [5.74, 6) is -0.429. The topological polar surface area (TPSA) is 88.8 Å². The first-order chi connectivity index (χ1) is 9.66. The molecule has 0 aromatic heterocycles. The van der Waals surface area contributed by atoms with E-state index in [2.05, 4.69) is 20.9 Å². The highest BCUT2D eigenvalue weighted by molar-refractivity contribution is 6.09.